The molecule has 1 aliphatic rings. The molecule has 0 aromatic rings. The summed E-state index contributed by atoms with van der Waals surface area (Å²) in [5, 5.41) is 9.20. The van der Waals surface area contributed by atoms with E-state index in [-0.39, 0.29) is 6.10 Å². The van der Waals surface area contributed by atoms with Gasteiger partial charge in [0.25, 0.3) is 0 Å². The molecule has 0 bridgehead atoms. The average Bonchev–Trinajstić information content (AvgIpc) is 2.56. The third kappa shape index (κ3) is 3.44. The molecular formula is C10H21NO2. The number of carbonyl (C=O) groups excluding carboxylic acids is 1. The highest BCUT2D eigenvalue weighted by Crippen LogP contribution is 2.18. The summed E-state index contributed by atoms with van der Waals surface area (Å²) in [5.74, 6) is 0. The largest absolute Gasteiger partial charge is 0.392 e. The summed E-state index contributed by atoms with van der Waals surface area (Å²) in [4.78, 5) is 12.6. The van der Waals surface area contributed by atoms with Gasteiger partial charge in [0.05, 0.1) is 11.6 Å². The van der Waals surface area contributed by atoms with Crippen molar-refractivity contribution < 1.29 is 9.90 Å². The number of β-amino-alcohol motifs (C(OH)–C–C–N with tert-alkyl or cyclic N) is 1. The molecular weight excluding hydrogens is 166 g/mol. The minimum Gasteiger partial charge on any atom is -0.392 e. The summed E-state index contributed by atoms with van der Waals surface area (Å²) in [6.45, 7) is 9.20. The van der Waals surface area contributed by atoms with Crippen molar-refractivity contribution in [3.05, 3.63) is 0 Å². The zero-order valence-corrected chi connectivity index (χ0v) is 9.08. The van der Waals surface area contributed by atoms with Crippen LogP contribution in [0.15, 0.2) is 0 Å². The molecule has 1 unspecified atom stereocenters. The van der Waals surface area contributed by atoms with Crippen LogP contribution >= 0.6 is 0 Å². The maximum Gasteiger partial charge on any atom is 0.139 e. The number of rotatable bonds is 2. The number of aldehydes is 1. The number of aliphatic hydroxyl groups is 1. The quantitative estimate of drug-likeness (QED) is 0.657. The van der Waals surface area contributed by atoms with Gasteiger partial charge in [-0.3, -0.25) is 4.90 Å². The first-order valence-corrected chi connectivity index (χ1v) is 4.96. The first kappa shape index (κ1) is 12.6. The van der Waals surface area contributed by atoms with Crippen LogP contribution < -0.4 is 0 Å². The minimum atomic E-state index is -0.405. The Bertz CT molecular complexity index is 157. The van der Waals surface area contributed by atoms with Crippen molar-refractivity contribution in [1.29, 1.82) is 0 Å². The Morgan fingerprint density at radius 3 is 2.31 bits per heavy atom. The number of nitrogens with zero attached hydrogens (tertiary/aromatic N) is 1. The molecule has 0 amide bonds. The maximum absolute atomic E-state index is 10.6. The number of hydrogen-bond donors (Lipinski definition) is 1. The van der Waals surface area contributed by atoms with Crippen LogP contribution in [0.2, 0.25) is 0 Å². The standard InChI is InChI=1S/C8H15NO2.C2H6/c1-8(2,6-10)9-4-3-7(11)5-9;1-2/h6-7,11H,3-5H2,1-2H3;1-2H3. The summed E-state index contributed by atoms with van der Waals surface area (Å²) >= 11 is 0. The van der Waals surface area contributed by atoms with Gasteiger partial charge in [0.15, 0.2) is 0 Å². The molecule has 1 aliphatic heterocycles. The van der Waals surface area contributed by atoms with Crippen molar-refractivity contribution in [2.45, 2.75) is 45.8 Å². The van der Waals surface area contributed by atoms with E-state index in [1.807, 2.05) is 32.6 Å². The third-order valence-corrected chi connectivity index (χ3v) is 2.27. The Morgan fingerprint density at radius 1 is 1.46 bits per heavy atom. The fourth-order valence-electron chi connectivity index (χ4n) is 1.34. The lowest BCUT2D eigenvalue weighted by molar-refractivity contribution is -0.116. The molecule has 0 aliphatic carbocycles. The molecule has 3 nitrogen and oxygen atoms in total. The van der Waals surface area contributed by atoms with E-state index in [4.69, 9.17) is 0 Å². The molecule has 1 N–H and O–H groups in total. The normalized spacial score (nSPS) is 23.6. The fourth-order valence-corrected chi connectivity index (χ4v) is 1.34. The number of likely N-dealkylation sites (tertiary alicyclic amines) is 1. The molecule has 0 aromatic carbocycles. The van der Waals surface area contributed by atoms with Crippen LogP contribution in [-0.2, 0) is 4.79 Å². The summed E-state index contributed by atoms with van der Waals surface area (Å²) < 4.78 is 0. The highest BCUT2D eigenvalue weighted by Gasteiger charge is 2.32. The zero-order chi connectivity index (χ0) is 10.5. The maximum atomic E-state index is 10.6. The van der Waals surface area contributed by atoms with E-state index in [2.05, 4.69) is 0 Å². The van der Waals surface area contributed by atoms with Gasteiger partial charge in [-0.2, -0.15) is 0 Å². The second-order valence-electron chi connectivity index (χ2n) is 3.66. The van der Waals surface area contributed by atoms with Gasteiger partial charge in [-0.1, -0.05) is 13.8 Å². The van der Waals surface area contributed by atoms with E-state index in [0.717, 1.165) is 19.3 Å². The smallest absolute Gasteiger partial charge is 0.139 e. The molecule has 78 valence electrons. The Hall–Kier alpha value is -0.410. The van der Waals surface area contributed by atoms with Gasteiger partial charge in [-0.25, -0.2) is 0 Å². The van der Waals surface area contributed by atoms with Gasteiger partial charge in [-0.05, 0) is 20.3 Å². The molecule has 1 saturated heterocycles. The van der Waals surface area contributed by atoms with Gasteiger partial charge < -0.3 is 9.90 Å². The van der Waals surface area contributed by atoms with Gasteiger partial charge in [0.1, 0.15) is 6.29 Å². The van der Waals surface area contributed by atoms with Crippen LogP contribution in [0.25, 0.3) is 0 Å². The molecule has 1 rings (SSSR count). The lowest BCUT2D eigenvalue weighted by Crippen LogP contribution is -2.44. The van der Waals surface area contributed by atoms with Crippen LogP contribution in [0.3, 0.4) is 0 Å². The second-order valence-corrected chi connectivity index (χ2v) is 3.66. The van der Waals surface area contributed by atoms with E-state index < -0.39 is 5.54 Å². The van der Waals surface area contributed by atoms with Crippen molar-refractivity contribution in [3.8, 4) is 0 Å². The van der Waals surface area contributed by atoms with Gasteiger partial charge in [0.2, 0.25) is 0 Å². The van der Waals surface area contributed by atoms with Crippen molar-refractivity contribution in [2.24, 2.45) is 0 Å². The van der Waals surface area contributed by atoms with Crippen LogP contribution in [-0.4, -0.2) is 41.0 Å². The topological polar surface area (TPSA) is 40.5 Å². The first-order chi connectivity index (χ1) is 6.06. The number of carbonyl (C=O) groups is 1. The fraction of sp³-hybridized carbons (Fsp3) is 0.900. The summed E-state index contributed by atoms with van der Waals surface area (Å²) in [6.07, 6.45) is 1.48. The van der Waals surface area contributed by atoms with Gasteiger partial charge in [-0.15, -0.1) is 0 Å². The zero-order valence-electron chi connectivity index (χ0n) is 9.08. The Labute approximate surface area is 80.7 Å². The monoisotopic (exact) mass is 187 g/mol. The second kappa shape index (κ2) is 5.35. The van der Waals surface area contributed by atoms with Crippen LogP contribution in [0, 0.1) is 0 Å². The van der Waals surface area contributed by atoms with Crippen molar-refractivity contribution in [3.63, 3.8) is 0 Å². The Morgan fingerprint density at radius 2 is 2.00 bits per heavy atom. The van der Waals surface area contributed by atoms with Gasteiger partial charge >= 0.3 is 0 Å². The molecule has 0 aromatic heterocycles. The van der Waals surface area contributed by atoms with E-state index in [9.17, 15) is 9.90 Å². The molecule has 1 fully saturated rings. The van der Waals surface area contributed by atoms with E-state index in [1.165, 1.54) is 0 Å². The lowest BCUT2D eigenvalue weighted by Gasteiger charge is -2.29. The lowest BCUT2D eigenvalue weighted by atomic mass is 10.1. The van der Waals surface area contributed by atoms with Crippen molar-refractivity contribution >= 4 is 6.29 Å². The van der Waals surface area contributed by atoms with E-state index in [1.54, 1.807) is 0 Å². The summed E-state index contributed by atoms with van der Waals surface area (Å²) in [5.41, 5.74) is -0.405. The molecule has 3 heteroatoms. The summed E-state index contributed by atoms with van der Waals surface area (Å²) in [6, 6.07) is 0. The van der Waals surface area contributed by atoms with Crippen LogP contribution in [0.4, 0.5) is 0 Å². The Balaban J connectivity index is 0.000000671. The summed E-state index contributed by atoms with van der Waals surface area (Å²) in [7, 11) is 0. The van der Waals surface area contributed by atoms with Crippen LogP contribution in [0.5, 0.6) is 0 Å². The highest BCUT2D eigenvalue weighted by atomic mass is 16.3. The molecule has 0 spiro atoms. The Kier molecular flexibility index (Phi) is 5.18. The van der Waals surface area contributed by atoms with Crippen LogP contribution in [0.1, 0.15) is 34.1 Å². The minimum absolute atomic E-state index is 0.241. The number of aliphatic hydroxyl groups excluding tert-OH is 1. The SMILES string of the molecule is CC.CC(C)(C=O)N1CCC(O)C1. The van der Waals surface area contributed by atoms with Crippen molar-refractivity contribution in [1.82, 2.24) is 4.90 Å². The molecule has 1 atom stereocenters. The predicted octanol–water partition coefficient (Wildman–Crippen LogP) is 1.06. The number of hydrogen-bond acceptors (Lipinski definition) is 3. The van der Waals surface area contributed by atoms with Crippen molar-refractivity contribution in [2.75, 3.05) is 13.1 Å². The van der Waals surface area contributed by atoms with E-state index >= 15 is 0 Å². The average molecular weight is 187 g/mol. The molecule has 0 saturated carbocycles. The first-order valence-electron chi connectivity index (χ1n) is 4.96. The molecule has 13 heavy (non-hydrogen) atoms. The predicted molar refractivity (Wildman–Crippen MR) is 53.7 cm³/mol. The van der Waals surface area contributed by atoms with E-state index in [0.29, 0.717) is 6.54 Å². The highest BCUT2D eigenvalue weighted by molar-refractivity contribution is 5.62. The molecule has 0 radical (unpaired) electrons. The third-order valence-electron chi connectivity index (χ3n) is 2.27. The molecule has 1 heterocycles. The van der Waals surface area contributed by atoms with Gasteiger partial charge in [0, 0.05) is 13.1 Å².